The largest absolute Gasteiger partial charge is 0.478 e. The fourth-order valence-corrected chi connectivity index (χ4v) is 5.15. The van der Waals surface area contributed by atoms with Crippen LogP contribution in [0.25, 0.3) is 0 Å². The second kappa shape index (κ2) is 8.85. The van der Waals surface area contributed by atoms with Crippen molar-refractivity contribution in [1.82, 2.24) is 5.32 Å². The molecule has 1 amide bonds. The molecule has 0 radical (unpaired) electrons. The maximum Gasteiger partial charge on any atom is 0.416 e. The molecule has 3 atom stereocenters. The van der Waals surface area contributed by atoms with Crippen molar-refractivity contribution in [3.63, 3.8) is 0 Å². The fourth-order valence-electron chi connectivity index (χ4n) is 5.15. The summed E-state index contributed by atoms with van der Waals surface area (Å²) >= 11 is 0. The van der Waals surface area contributed by atoms with E-state index < -0.39 is 29.8 Å². The molecule has 0 spiro atoms. The Labute approximate surface area is 200 Å². The van der Waals surface area contributed by atoms with Crippen molar-refractivity contribution in [3.8, 4) is 0 Å². The molecule has 180 valence electrons. The molecule has 1 aliphatic heterocycles. The number of benzene rings is 3. The van der Waals surface area contributed by atoms with Crippen LogP contribution in [0.2, 0.25) is 0 Å². The first kappa shape index (κ1) is 23.1. The zero-order valence-corrected chi connectivity index (χ0v) is 18.6. The van der Waals surface area contributed by atoms with Crippen LogP contribution in [-0.2, 0) is 17.4 Å². The summed E-state index contributed by atoms with van der Waals surface area (Å²) in [7, 11) is 0. The molecule has 2 aliphatic rings. The number of hydrogen-bond acceptors (Lipinski definition) is 3. The lowest BCUT2D eigenvalue weighted by Crippen LogP contribution is -2.40. The van der Waals surface area contributed by atoms with E-state index in [9.17, 15) is 27.9 Å². The summed E-state index contributed by atoms with van der Waals surface area (Å²) in [6, 6.07) is 17.8. The van der Waals surface area contributed by atoms with Crippen LogP contribution in [0.15, 0.2) is 72.8 Å². The second-order valence-corrected chi connectivity index (χ2v) is 8.94. The van der Waals surface area contributed by atoms with Gasteiger partial charge < -0.3 is 10.0 Å². The van der Waals surface area contributed by atoms with E-state index in [1.807, 2.05) is 18.2 Å². The summed E-state index contributed by atoms with van der Waals surface area (Å²) in [4.78, 5) is 26.6. The Morgan fingerprint density at radius 1 is 0.971 bits per heavy atom. The van der Waals surface area contributed by atoms with Gasteiger partial charge in [0.05, 0.1) is 23.2 Å². The van der Waals surface area contributed by atoms with E-state index in [1.54, 1.807) is 12.1 Å². The van der Waals surface area contributed by atoms with Crippen LogP contribution in [0.1, 0.15) is 57.5 Å². The molecular weight excluding hydrogens is 457 g/mol. The number of hydrogen-bond donors (Lipinski definition) is 2. The van der Waals surface area contributed by atoms with Crippen LogP contribution in [0.5, 0.6) is 0 Å². The highest BCUT2D eigenvalue weighted by Gasteiger charge is 2.43. The minimum absolute atomic E-state index is 0.00120. The Kier molecular flexibility index (Phi) is 5.84. The van der Waals surface area contributed by atoms with Crippen LogP contribution >= 0.6 is 0 Å². The first-order chi connectivity index (χ1) is 16.7. The number of carbonyl (C=O) groups is 2. The summed E-state index contributed by atoms with van der Waals surface area (Å²) in [6.45, 7) is 0. The molecular formula is C27H23F3N2O3. The maximum atomic E-state index is 13.6. The minimum Gasteiger partial charge on any atom is -0.478 e. The van der Waals surface area contributed by atoms with E-state index in [-0.39, 0.29) is 17.5 Å². The molecule has 1 fully saturated rings. The summed E-state index contributed by atoms with van der Waals surface area (Å²) in [5, 5.41) is 12.9. The van der Waals surface area contributed by atoms with Crippen molar-refractivity contribution in [3.05, 3.63) is 101 Å². The summed E-state index contributed by atoms with van der Waals surface area (Å²) in [5.74, 6) is -1.34. The summed E-state index contributed by atoms with van der Waals surface area (Å²) in [5.41, 5.74) is 2.63. The number of aryl methyl sites for hydroxylation is 1. The smallest absolute Gasteiger partial charge is 0.416 e. The van der Waals surface area contributed by atoms with Crippen LogP contribution in [0.4, 0.5) is 18.9 Å². The zero-order chi connectivity index (χ0) is 24.7. The van der Waals surface area contributed by atoms with Crippen molar-refractivity contribution >= 4 is 17.6 Å². The highest BCUT2D eigenvalue weighted by Crippen LogP contribution is 2.40. The highest BCUT2D eigenvalue weighted by molar-refractivity contribution is 6.00. The quantitative estimate of drug-likeness (QED) is 0.504. The van der Waals surface area contributed by atoms with Gasteiger partial charge >= 0.3 is 12.1 Å². The average molecular weight is 480 g/mol. The molecule has 1 heterocycles. The summed E-state index contributed by atoms with van der Waals surface area (Å²) < 4.78 is 39.3. The topological polar surface area (TPSA) is 69.6 Å². The average Bonchev–Trinajstić information content (AvgIpc) is 3.40. The molecule has 5 nitrogen and oxygen atoms in total. The third-order valence-corrected chi connectivity index (χ3v) is 6.83. The zero-order valence-electron chi connectivity index (χ0n) is 18.6. The number of carboxylic acid groups (broad SMARTS) is 1. The van der Waals surface area contributed by atoms with Gasteiger partial charge in [-0.2, -0.15) is 13.2 Å². The van der Waals surface area contributed by atoms with Gasteiger partial charge in [-0.25, -0.2) is 4.79 Å². The number of carbonyl (C=O) groups excluding carboxylic acids is 1. The Morgan fingerprint density at radius 2 is 1.71 bits per heavy atom. The van der Waals surface area contributed by atoms with E-state index in [0.29, 0.717) is 17.7 Å². The number of alkyl halides is 3. The Balaban J connectivity index is 1.49. The van der Waals surface area contributed by atoms with E-state index in [0.717, 1.165) is 30.5 Å². The minimum atomic E-state index is -4.48. The number of nitrogens with one attached hydrogen (secondary N) is 1. The number of halogens is 3. The lowest BCUT2D eigenvalue weighted by molar-refractivity contribution is -0.137. The molecule has 0 saturated carbocycles. The molecule has 0 aromatic heterocycles. The van der Waals surface area contributed by atoms with E-state index in [1.165, 1.54) is 34.7 Å². The van der Waals surface area contributed by atoms with E-state index >= 15 is 0 Å². The number of fused-ring (bicyclic) bond motifs is 1. The molecule has 5 rings (SSSR count). The third kappa shape index (κ3) is 4.41. The summed E-state index contributed by atoms with van der Waals surface area (Å²) in [6.07, 6.45) is -2.37. The number of carboxylic acids is 1. The molecule has 35 heavy (non-hydrogen) atoms. The van der Waals surface area contributed by atoms with Gasteiger partial charge in [0.25, 0.3) is 0 Å². The van der Waals surface area contributed by atoms with Gasteiger partial charge in [0.2, 0.25) is 5.91 Å². The number of nitrogens with zero attached hydrogens (tertiary/aromatic N) is 1. The SMILES string of the molecule is O=C(O)c1cccc([C@H]2C[C@@H](N[C@@H]3CCc4ccccc43)C(=O)N2c2ccc(C(F)(F)F)cc2)c1. The number of amides is 1. The predicted molar refractivity (Wildman–Crippen MR) is 124 cm³/mol. The van der Waals surface area contributed by atoms with Crippen LogP contribution in [-0.4, -0.2) is 23.0 Å². The molecule has 8 heteroatoms. The molecule has 1 saturated heterocycles. The Morgan fingerprint density at radius 3 is 2.43 bits per heavy atom. The number of anilines is 1. The van der Waals surface area contributed by atoms with E-state index in [4.69, 9.17) is 0 Å². The fraction of sp³-hybridized carbons (Fsp3) is 0.259. The van der Waals surface area contributed by atoms with Crippen LogP contribution in [0, 0.1) is 0 Å². The lowest BCUT2D eigenvalue weighted by atomic mass is 9.99. The standard InChI is InChI=1S/C27H23F3N2O3/c28-27(29,30)19-9-11-20(12-10-19)32-24(17-5-3-6-18(14-17)26(34)35)15-23(25(32)33)31-22-13-8-16-4-1-2-7-21(16)22/h1-7,9-12,14,22-24,31H,8,13,15H2,(H,34,35)/t22-,23-,24-/m1/s1. The van der Waals surface area contributed by atoms with Crippen molar-refractivity contribution in [2.45, 2.75) is 43.6 Å². The molecule has 0 unspecified atom stereocenters. The van der Waals surface area contributed by atoms with Gasteiger partial charge in [0.15, 0.2) is 0 Å². The molecule has 3 aromatic rings. The normalized spacial score (nSPS) is 21.9. The van der Waals surface area contributed by atoms with Gasteiger partial charge in [-0.1, -0.05) is 36.4 Å². The van der Waals surface area contributed by atoms with Crippen molar-refractivity contribution in [2.24, 2.45) is 0 Å². The Hall–Kier alpha value is -3.65. The monoisotopic (exact) mass is 480 g/mol. The van der Waals surface area contributed by atoms with Crippen molar-refractivity contribution in [1.29, 1.82) is 0 Å². The Bertz CT molecular complexity index is 1270. The second-order valence-electron chi connectivity index (χ2n) is 8.94. The third-order valence-electron chi connectivity index (χ3n) is 6.83. The molecule has 0 bridgehead atoms. The van der Waals surface area contributed by atoms with Crippen molar-refractivity contribution < 1.29 is 27.9 Å². The lowest BCUT2D eigenvalue weighted by Gasteiger charge is -2.26. The first-order valence-corrected chi connectivity index (χ1v) is 11.4. The van der Waals surface area contributed by atoms with Gasteiger partial charge in [-0.3, -0.25) is 10.1 Å². The molecule has 3 aromatic carbocycles. The van der Waals surface area contributed by atoms with Gasteiger partial charge in [-0.15, -0.1) is 0 Å². The van der Waals surface area contributed by atoms with Crippen LogP contribution in [0.3, 0.4) is 0 Å². The van der Waals surface area contributed by atoms with E-state index in [2.05, 4.69) is 11.4 Å². The number of rotatable bonds is 5. The number of aromatic carboxylic acids is 1. The van der Waals surface area contributed by atoms with Gasteiger partial charge in [0, 0.05) is 11.7 Å². The van der Waals surface area contributed by atoms with Gasteiger partial charge in [-0.05, 0) is 72.4 Å². The van der Waals surface area contributed by atoms with Crippen LogP contribution < -0.4 is 10.2 Å². The molecule has 1 aliphatic carbocycles. The first-order valence-electron chi connectivity index (χ1n) is 11.4. The maximum absolute atomic E-state index is 13.6. The predicted octanol–water partition coefficient (Wildman–Crippen LogP) is 5.53. The molecule has 2 N–H and O–H groups in total. The van der Waals surface area contributed by atoms with Gasteiger partial charge in [0.1, 0.15) is 0 Å². The van der Waals surface area contributed by atoms with Crippen molar-refractivity contribution in [2.75, 3.05) is 4.90 Å². The highest BCUT2D eigenvalue weighted by atomic mass is 19.4.